The minimum absolute atomic E-state index is 0.127. The molecule has 2 aromatic rings. The molecule has 0 amide bonds. The summed E-state index contributed by atoms with van der Waals surface area (Å²) in [4.78, 5) is 4.32. The summed E-state index contributed by atoms with van der Waals surface area (Å²) in [5, 5.41) is 28.2. The van der Waals surface area contributed by atoms with E-state index in [2.05, 4.69) is 108 Å². The molecule has 3 N–H and O–H groups in total. The van der Waals surface area contributed by atoms with Crippen molar-refractivity contribution in [1.29, 1.82) is 0 Å². The first-order chi connectivity index (χ1) is 18.1. The highest BCUT2D eigenvalue weighted by Crippen LogP contribution is 2.32. The molecule has 6 heteroatoms. The van der Waals surface area contributed by atoms with Crippen molar-refractivity contribution in [3.05, 3.63) is 89.5 Å². The van der Waals surface area contributed by atoms with Crippen LogP contribution in [0.4, 0.5) is 11.4 Å². The van der Waals surface area contributed by atoms with Crippen molar-refractivity contribution in [2.45, 2.75) is 20.8 Å². The van der Waals surface area contributed by atoms with E-state index in [9.17, 15) is 15.3 Å². The Labute approximate surface area is 221 Å². The third-order valence-electron chi connectivity index (χ3n) is 6.82. The molecule has 0 heterocycles. The fourth-order valence-electron chi connectivity index (χ4n) is 4.79. The van der Waals surface area contributed by atoms with Gasteiger partial charge in [0.05, 0.1) is 13.2 Å². The van der Waals surface area contributed by atoms with Crippen LogP contribution in [0.1, 0.15) is 31.9 Å². The van der Waals surface area contributed by atoms with Crippen LogP contribution in [0.25, 0.3) is 5.57 Å². The maximum absolute atomic E-state index is 9.41. The summed E-state index contributed by atoms with van der Waals surface area (Å²) in [6, 6.07) is 17.1. The van der Waals surface area contributed by atoms with Gasteiger partial charge in [-0.2, -0.15) is 0 Å². The van der Waals surface area contributed by atoms with Gasteiger partial charge in [0.2, 0.25) is 0 Å². The van der Waals surface area contributed by atoms with Gasteiger partial charge in [-0.05, 0) is 79.5 Å². The second-order valence-electron chi connectivity index (χ2n) is 8.93. The Balaban J connectivity index is 2.06. The van der Waals surface area contributed by atoms with Gasteiger partial charge in [-0.15, -0.1) is 0 Å². The summed E-state index contributed by atoms with van der Waals surface area (Å²) in [5.41, 5.74) is 7.78. The van der Waals surface area contributed by atoms with Gasteiger partial charge in [0.15, 0.2) is 12.3 Å². The Morgan fingerprint density at radius 1 is 0.649 bits per heavy atom. The number of hydrogen-bond acceptors (Lipinski definition) is 5. The fraction of sp³-hybridized carbons (Fsp3) is 0.387. The van der Waals surface area contributed by atoms with Crippen LogP contribution in [0.2, 0.25) is 0 Å². The molecule has 3 rings (SSSR count). The predicted octanol–water partition coefficient (Wildman–Crippen LogP) is 3.72. The van der Waals surface area contributed by atoms with Crippen molar-refractivity contribution in [2.24, 2.45) is 0 Å². The quantitative estimate of drug-likeness (QED) is 0.363. The largest absolute Gasteiger partial charge is 0.395 e. The summed E-state index contributed by atoms with van der Waals surface area (Å²) in [7, 11) is 0. The Morgan fingerprint density at radius 2 is 1.11 bits per heavy atom. The summed E-state index contributed by atoms with van der Waals surface area (Å²) in [5.74, 6) is 0. The molecule has 0 saturated carbocycles. The van der Waals surface area contributed by atoms with Gasteiger partial charge in [0, 0.05) is 49.7 Å². The monoisotopic (exact) mass is 504 g/mol. The van der Waals surface area contributed by atoms with E-state index in [0.717, 1.165) is 59.0 Å². The second-order valence-corrected chi connectivity index (χ2v) is 8.93. The SMILES string of the molecule is CCN(CCO)c1ccc(C(=C2C=CC(=[N+](CC)CCO)C=C2)c2ccc(N(CC)CCO)cc2)cc1. The van der Waals surface area contributed by atoms with Gasteiger partial charge >= 0.3 is 0 Å². The van der Waals surface area contributed by atoms with Crippen molar-refractivity contribution < 1.29 is 19.9 Å². The molecule has 0 aromatic heterocycles. The summed E-state index contributed by atoms with van der Waals surface area (Å²) in [6.45, 7) is 11.0. The number of aliphatic hydroxyl groups is 3. The summed E-state index contributed by atoms with van der Waals surface area (Å²) < 4.78 is 2.16. The van der Waals surface area contributed by atoms with E-state index in [-0.39, 0.29) is 19.8 Å². The maximum atomic E-state index is 9.41. The molecule has 0 atom stereocenters. The molecular weight excluding hydrogens is 462 g/mol. The maximum Gasteiger partial charge on any atom is 0.199 e. The number of benzene rings is 2. The molecule has 2 aromatic carbocycles. The first kappa shape index (κ1) is 28.4. The predicted molar refractivity (Wildman–Crippen MR) is 155 cm³/mol. The standard InChI is InChI=1S/C31H42N3O3/c1-4-32(19-22-35)28-13-7-25(8-14-28)31(26-9-15-29(16-10-26)33(5-2)20-23-36)27-11-17-30(18-12-27)34(6-3)21-24-37/h7-18,35-37H,4-6,19-24H2,1-3H3/q+1. The molecule has 6 nitrogen and oxygen atoms in total. The number of allylic oxidation sites excluding steroid dienone is 5. The van der Waals surface area contributed by atoms with Gasteiger partial charge < -0.3 is 25.1 Å². The minimum atomic E-state index is 0.127. The van der Waals surface area contributed by atoms with Crippen molar-refractivity contribution >= 4 is 22.7 Å². The van der Waals surface area contributed by atoms with Crippen LogP contribution in [-0.4, -0.2) is 84.7 Å². The first-order valence-corrected chi connectivity index (χ1v) is 13.4. The third-order valence-corrected chi connectivity index (χ3v) is 6.82. The smallest absolute Gasteiger partial charge is 0.199 e. The Hall–Kier alpha value is -3.19. The van der Waals surface area contributed by atoms with Gasteiger partial charge in [-0.25, -0.2) is 4.58 Å². The molecule has 0 saturated heterocycles. The molecular formula is C31H42N3O3+. The molecule has 0 bridgehead atoms. The highest BCUT2D eigenvalue weighted by molar-refractivity contribution is 6.04. The molecule has 37 heavy (non-hydrogen) atoms. The molecule has 1 aliphatic rings. The number of hydrogen-bond donors (Lipinski definition) is 3. The van der Waals surface area contributed by atoms with E-state index in [4.69, 9.17) is 0 Å². The molecule has 0 spiro atoms. The van der Waals surface area contributed by atoms with E-state index >= 15 is 0 Å². The summed E-state index contributed by atoms with van der Waals surface area (Å²) >= 11 is 0. The second kappa shape index (κ2) is 14.5. The molecule has 0 radical (unpaired) electrons. The van der Waals surface area contributed by atoms with Gasteiger partial charge in [0.1, 0.15) is 13.2 Å². The van der Waals surface area contributed by atoms with E-state index in [1.54, 1.807) is 0 Å². The Bertz CT molecular complexity index is 1040. The topological polar surface area (TPSA) is 70.2 Å². The zero-order valence-electron chi connectivity index (χ0n) is 22.5. The average molecular weight is 505 g/mol. The van der Waals surface area contributed by atoms with Gasteiger partial charge in [-0.3, -0.25) is 0 Å². The summed E-state index contributed by atoms with van der Waals surface area (Å²) in [6.07, 6.45) is 8.55. The molecule has 1 aliphatic carbocycles. The van der Waals surface area contributed by atoms with E-state index in [1.165, 1.54) is 0 Å². The van der Waals surface area contributed by atoms with Crippen molar-refractivity contribution in [2.75, 3.05) is 68.9 Å². The Morgan fingerprint density at radius 3 is 1.46 bits per heavy atom. The number of anilines is 2. The van der Waals surface area contributed by atoms with Crippen LogP contribution in [0, 0.1) is 0 Å². The van der Waals surface area contributed by atoms with Crippen LogP contribution in [-0.2, 0) is 0 Å². The zero-order valence-corrected chi connectivity index (χ0v) is 22.5. The zero-order chi connectivity index (χ0) is 26.6. The van der Waals surface area contributed by atoms with Crippen LogP contribution in [0.15, 0.2) is 78.4 Å². The lowest BCUT2D eigenvalue weighted by atomic mass is 9.90. The van der Waals surface area contributed by atoms with E-state index in [1.807, 2.05) is 0 Å². The lowest BCUT2D eigenvalue weighted by molar-refractivity contribution is -0.525. The normalized spacial score (nSPS) is 12.7. The number of likely N-dealkylation sites (N-methyl/N-ethyl adjacent to an activating group) is 3. The average Bonchev–Trinajstić information content (AvgIpc) is 2.95. The highest BCUT2D eigenvalue weighted by atomic mass is 16.3. The first-order valence-electron chi connectivity index (χ1n) is 13.4. The number of nitrogens with zero attached hydrogens (tertiary/aromatic N) is 3. The third kappa shape index (κ3) is 7.19. The molecule has 0 fully saturated rings. The lowest BCUT2D eigenvalue weighted by Crippen LogP contribution is -2.26. The lowest BCUT2D eigenvalue weighted by Gasteiger charge is -2.23. The number of aliphatic hydroxyl groups excluding tert-OH is 3. The van der Waals surface area contributed by atoms with Crippen molar-refractivity contribution in [3.8, 4) is 0 Å². The molecule has 0 unspecified atom stereocenters. The van der Waals surface area contributed by atoms with Crippen molar-refractivity contribution in [3.63, 3.8) is 0 Å². The van der Waals surface area contributed by atoms with Gasteiger partial charge in [0.25, 0.3) is 0 Å². The minimum Gasteiger partial charge on any atom is -0.395 e. The van der Waals surface area contributed by atoms with E-state index in [0.29, 0.717) is 19.6 Å². The van der Waals surface area contributed by atoms with E-state index < -0.39 is 0 Å². The van der Waals surface area contributed by atoms with Gasteiger partial charge in [-0.1, -0.05) is 24.3 Å². The highest BCUT2D eigenvalue weighted by Gasteiger charge is 2.16. The van der Waals surface area contributed by atoms with Crippen LogP contribution < -0.4 is 9.80 Å². The van der Waals surface area contributed by atoms with Crippen molar-refractivity contribution in [1.82, 2.24) is 0 Å². The van der Waals surface area contributed by atoms with Crippen LogP contribution in [0.5, 0.6) is 0 Å². The fourth-order valence-corrected chi connectivity index (χ4v) is 4.79. The number of rotatable bonds is 13. The Kier molecular flexibility index (Phi) is 11.1. The van der Waals surface area contributed by atoms with Crippen LogP contribution >= 0.6 is 0 Å². The molecule has 198 valence electrons. The molecule has 0 aliphatic heterocycles. The van der Waals surface area contributed by atoms with Crippen LogP contribution in [0.3, 0.4) is 0 Å².